The van der Waals surface area contributed by atoms with Crippen molar-refractivity contribution in [2.45, 2.75) is 13.3 Å². The predicted octanol–water partition coefficient (Wildman–Crippen LogP) is 0.249. The summed E-state index contributed by atoms with van der Waals surface area (Å²) in [5.74, 6) is -0.212. The standard InChI is InChI=1S/C11H15N3O3/c1-8-9(6-10(15)16)7-12-11(13-8)14-2-4-17-5-3-14/h7H,2-6H2,1H3,(H,15,16). The van der Waals surface area contributed by atoms with Crippen molar-refractivity contribution < 1.29 is 14.6 Å². The number of carboxylic acids is 1. The van der Waals surface area contributed by atoms with Crippen molar-refractivity contribution in [3.05, 3.63) is 17.5 Å². The number of aromatic nitrogens is 2. The first-order valence-electron chi connectivity index (χ1n) is 5.54. The molecule has 6 nitrogen and oxygen atoms in total. The highest BCUT2D eigenvalue weighted by atomic mass is 16.5. The van der Waals surface area contributed by atoms with Crippen LogP contribution >= 0.6 is 0 Å². The Morgan fingerprint density at radius 1 is 1.53 bits per heavy atom. The van der Waals surface area contributed by atoms with E-state index in [0.717, 1.165) is 18.8 Å². The molecule has 1 N–H and O–H groups in total. The van der Waals surface area contributed by atoms with Crippen molar-refractivity contribution in [1.29, 1.82) is 0 Å². The molecule has 1 saturated heterocycles. The van der Waals surface area contributed by atoms with Crippen LogP contribution < -0.4 is 4.90 Å². The van der Waals surface area contributed by atoms with Gasteiger partial charge in [0.1, 0.15) is 0 Å². The minimum absolute atomic E-state index is 0.0325. The molecule has 0 bridgehead atoms. The number of aryl methyl sites for hydroxylation is 1. The van der Waals surface area contributed by atoms with Gasteiger partial charge in [0.15, 0.2) is 0 Å². The molecule has 1 aliphatic heterocycles. The molecular formula is C11H15N3O3. The Bertz CT molecular complexity index is 416. The van der Waals surface area contributed by atoms with Crippen LogP contribution in [0.4, 0.5) is 5.95 Å². The van der Waals surface area contributed by atoms with Crippen LogP contribution in [0.15, 0.2) is 6.20 Å². The van der Waals surface area contributed by atoms with E-state index in [2.05, 4.69) is 9.97 Å². The Balaban J connectivity index is 2.14. The molecule has 0 amide bonds. The summed E-state index contributed by atoms with van der Waals surface area (Å²) in [6, 6.07) is 0. The zero-order chi connectivity index (χ0) is 12.3. The fraction of sp³-hybridized carbons (Fsp3) is 0.545. The number of hydrogen-bond acceptors (Lipinski definition) is 5. The Labute approximate surface area is 99.2 Å². The normalized spacial score (nSPS) is 15.9. The van der Waals surface area contributed by atoms with Gasteiger partial charge in [0, 0.05) is 30.5 Å². The van der Waals surface area contributed by atoms with E-state index in [4.69, 9.17) is 9.84 Å². The van der Waals surface area contributed by atoms with Crippen LogP contribution in [0.25, 0.3) is 0 Å². The van der Waals surface area contributed by atoms with Crippen molar-refractivity contribution in [2.24, 2.45) is 0 Å². The molecule has 6 heteroatoms. The fourth-order valence-corrected chi connectivity index (χ4v) is 1.73. The van der Waals surface area contributed by atoms with Gasteiger partial charge in [-0.25, -0.2) is 9.97 Å². The van der Waals surface area contributed by atoms with Gasteiger partial charge in [-0.15, -0.1) is 0 Å². The number of hydrogen-bond donors (Lipinski definition) is 1. The molecule has 1 aromatic heterocycles. The molecule has 0 aliphatic carbocycles. The molecule has 1 aliphatic rings. The third-order valence-electron chi connectivity index (χ3n) is 2.70. The summed E-state index contributed by atoms with van der Waals surface area (Å²) in [4.78, 5) is 21.2. The second kappa shape index (κ2) is 5.09. The summed E-state index contributed by atoms with van der Waals surface area (Å²) >= 11 is 0. The Morgan fingerprint density at radius 2 is 2.24 bits per heavy atom. The minimum atomic E-state index is -0.865. The van der Waals surface area contributed by atoms with E-state index in [0.29, 0.717) is 24.7 Å². The van der Waals surface area contributed by atoms with E-state index in [9.17, 15) is 4.79 Å². The summed E-state index contributed by atoms with van der Waals surface area (Å²) in [5.41, 5.74) is 1.39. The van der Waals surface area contributed by atoms with Gasteiger partial charge in [-0.3, -0.25) is 4.79 Å². The van der Waals surface area contributed by atoms with Crippen LogP contribution in [0.1, 0.15) is 11.3 Å². The Morgan fingerprint density at radius 3 is 2.82 bits per heavy atom. The van der Waals surface area contributed by atoms with Gasteiger partial charge in [0.2, 0.25) is 5.95 Å². The molecular weight excluding hydrogens is 222 g/mol. The number of ether oxygens (including phenoxy) is 1. The van der Waals surface area contributed by atoms with Gasteiger partial charge >= 0.3 is 5.97 Å². The predicted molar refractivity (Wildman–Crippen MR) is 61.1 cm³/mol. The van der Waals surface area contributed by atoms with Crippen LogP contribution in [0.3, 0.4) is 0 Å². The summed E-state index contributed by atoms with van der Waals surface area (Å²) in [6.07, 6.45) is 1.57. The zero-order valence-corrected chi connectivity index (χ0v) is 9.72. The van der Waals surface area contributed by atoms with Crippen molar-refractivity contribution in [2.75, 3.05) is 31.2 Å². The lowest BCUT2D eigenvalue weighted by atomic mass is 10.2. The average molecular weight is 237 g/mol. The smallest absolute Gasteiger partial charge is 0.307 e. The van der Waals surface area contributed by atoms with Gasteiger partial charge in [0.05, 0.1) is 19.6 Å². The van der Waals surface area contributed by atoms with Gasteiger partial charge < -0.3 is 14.7 Å². The second-order valence-electron chi connectivity index (χ2n) is 3.95. The van der Waals surface area contributed by atoms with E-state index in [1.807, 2.05) is 11.8 Å². The molecule has 17 heavy (non-hydrogen) atoms. The van der Waals surface area contributed by atoms with Crippen LogP contribution in [0, 0.1) is 6.92 Å². The number of anilines is 1. The van der Waals surface area contributed by atoms with Crippen LogP contribution in [0.5, 0.6) is 0 Å². The van der Waals surface area contributed by atoms with E-state index in [-0.39, 0.29) is 6.42 Å². The average Bonchev–Trinajstić information content (AvgIpc) is 2.32. The van der Waals surface area contributed by atoms with E-state index in [1.54, 1.807) is 6.20 Å². The molecule has 0 saturated carbocycles. The summed E-state index contributed by atoms with van der Waals surface area (Å²) in [7, 11) is 0. The molecule has 0 unspecified atom stereocenters. The van der Waals surface area contributed by atoms with E-state index in [1.165, 1.54) is 0 Å². The van der Waals surface area contributed by atoms with Crippen molar-refractivity contribution in [3.8, 4) is 0 Å². The largest absolute Gasteiger partial charge is 0.481 e. The third kappa shape index (κ3) is 2.91. The molecule has 92 valence electrons. The zero-order valence-electron chi connectivity index (χ0n) is 9.72. The molecule has 0 atom stereocenters. The lowest BCUT2D eigenvalue weighted by Crippen LogP contribution is -2.37. The number of morpholine rings is 1. The summed E-state index contributed by atoms with van der Waals surface area (Å²) < 4.78 is 5.25. The monoisotopic (exact) mass is 237 g/mol. The second-order valence-corrected chi connectivity index (χ2v) is 3.95. The maximum absolute atomic E-state index is 10.6. The molecule has 1 fully saturated rings. The van der Waals surface area contributed by atoms with Gasteiger partial charge in [-0.1, -0.05) is 0 Å². The number of nitrogens with zero attached hydrogens (tertiary/aromatic N) is 3. The number of carbonyl (C=O) groups is 1. The Kier molecular flexibility index (Phi) is 3.53. The number of aliphatic carboxylic acids is 1. The highest BCUT2D eigenvalue weighted by Gasteiger charge is 2.15. The molecule has 0 spiro atoms. The van der Waals surface area contributed by atoms with Crippen LogP contribution in [-0.4, -0.2) is 47.3 Å². The summed E-state index contributed by atoms with van der Waals surface area (Å²) in [6.45, 7) is 4.72. The van der Waals surface area contributed by atoms with Crippen molar-refractivity contribution in [1.82, 2.24) is 9.97 Å². The maximum atomic E-state index is 10.6. The minimum Gasteiger partial charge on any atom is -0.481 e. The van der Waals surface area contributed by atoms with Crippen molar-refractivity contribution in [3.63, 3.8) is 0 Å². The highest BCUT2D eigenvalue weighted by Crippen LogP contribution is 2.13. The van der Waals surface area contributed by atoms with Crippen LogP contribution in [-0.2, 0) is 16.0 Å². The Hall–Kier alpha value is -1.69. The lowest BCUT2D eigenvalue weighted by Gasteiger charge is -2.27. The maximum Gasteiger partial charge on any atom is 0.307 e. The third-order valence-corrected chi connectivity index (χ3v) is 2.70. The lowest BCUT2D eigenvalue weighted by molar-refractivity contribution is -0.136. The summed E-state index contributed by atoms with van der Waals surface area (Å²) in [5, 5.41) is 8.73. The number of carboxylic acid groups (broad SMARTS) is 1. The van der Waals surface area contributed by atoms with Gasteiger partial charge in [-0.2, -0.15) is 0 Å². The molecule has 2 rings (SSSR count). The molecule has 0 aromatic carbocycles. The van der Waals surface area contributed by atoms with Crippen molar-refractivity contribution >= 4 is 11.9 Å². The quantitative estimate of drug-likeness (QED) is 0.812. The SMILES string of the molecule is Cc1nc(N2CCOCC2)ncc1CC(=O)O. The highest BCUT2D eigenvalue weighted by molar-refractivity contribution is 5.70. The number of rotatable bonds is 3. The molecule has 0 radical (unpaired) electrons. The van der Waals surface area contributed by atoms with Crippen LogP contribution in [0.2, 0.25) is 0 Å². The van der Waals surface area contributed by atoms with Gasteiger partial charge in [0.25, 0.3) is 0 Å². The van der Waals surface area contributed by atoms with E-state index >= 15 is 0 Å². The molecule has 1 aromatic rings. The van der Waals surface area contributed by atoms with E-state index < -0.39 is 5.97 Å². The first-order chi connectivity index (χ1) is 8.16. The first-order valence-corrected chi connectivity index (χ1v) is 5.54. The molecule has 2 heterocycles. The fourth-order valence-electron chi connectivity index (χ4n) is 1.73. The first kappa shape index (κ1) is 11.8. The van der Waals surface area contributed by atoms with Gasteiger partial charge in [-0.05, 0) is 6.92 Å². The topological polar surface area (TPSA) is 75.5 Å².